The Hall–Kier alpha value is -2.41. The van der Waals surface area contributed by atoms with Crippen molar-refractivity contribution >= 4 is 28.5 Å². The monoisotopic (exact) mass is 331 g/mol. The van der Waals surface area contributed by atoms with E-state index in [2.05, 4.69) is 15.0 Å². The molecule has 6 nitrogen and oxygen atoms in total. The molecule has 0 aliphatic carbocycles. The fourth-order valence-electron chi connectivity index (χ4n) is 2.54. The molecule has 0 unspecified atom stereocenters. The average Bonchev–Trinajstić information content (AvgIpc) is 2.95. The Bertz CT molecular complexity index is 757. The van der Waals surface area contributed by atoms with Crippen LogP contribution in [0.15, 0.2) is 24.3 Å². The van der Waals surface area contributed by atoms with Gasteiger partial charge in [-0.2, -0.15) is 0 Å². The number of amides is 2. The van der Waals surface area contributed by atoms with Gasteiger partial charge in [0.25, 0.3) is 5.91 Å². The second kappa shape index (κ2) is 6.37. The molecule has 1 aliphatic rings. The Morgan fingerprint density at radius 3 is 2.87 bits per heavy atom. The third-order valence-corrected chi connectivity index (χ3v) is 4.79. The lowest BCUT2D eigenvalue weighted by atomic mass is 10.1. The molecule has 0 spiro atoms. The van der Waals surface area contributed by atoms with E-state index in [0.717, 1.165) is 21.7 Å². The van der Waals surface area contributed by atoms with Gasteiger partial charge in [0.15, 0.2) is 5.13 Å². The van der Waals surface area contributed by atoms with E-state index in [1.54, 1.807) is 0 Å². The van der Waals surface area contributed by atoms with Gasteiger partial charge < -0.3 is 9.64 Å². The number of hydrogen-bond donors (Lipinski definition) is 1. The predicted octanol–water partition coefficient (Wildman–Crippen LogP) is 2.83. The lowest BCUT2D eigenvalue weighted by molar-refractivity contribution is 0.0735. The third kappa shape index (κ3) is 3.19. The number of methoxy groups -OCH3 is 1. The van der Waals surface area contributed by atoms with Gasteiger partial charge >= 0.3 is 6.09 Å². The molecule has 0 atom stereocenters. The van der Waals surface area contributed by atoms with Crippen LogP contribution in [0, 0.1) is 6.92 Å². The van der Waals surface area contributed by atoms with Crippen molar-refractivity contribution < 1.29 is 14.3 Å². The van der Waals surface area contributed by atoms with Crippen LogP contribution in [0.3, 0.4) is 0 Å². The standard InChI is InChI=1S/C16H17N3O3S/c1-10-5-3-4-6-11(10)14(20)19-8-7-12-13(9-19)23-15(17-12)18-16(21)22-2/h3-6H,7-9H2,1-2H3,(H,17,18,21). The molecule has 1 N–H and O–H groups in total. The van der Waals surface area contributed by atoms with E-state index in [0.29, 0.717) is 24.6 Å². The Balaban J connectivity index is 1.76. The molecule has 0 radical (unpaired) electrons. The molecule has 0 saturated heterocycles. The fraction of sp³-hybridized carbons (Fsp3) is 0.312. The van der Waals surface area contributed by atoms with Crippen LogP contribution < -0.4 is 5.32 Å². The Morgan fingerprint density at radius 1 is 1.35 bits per heavy atom. The SMILES string of the molecule is COC(=O)Nc1nc2c(s1)CN(C(=O)c1ccccc1C)CC2. The van der Waals surface area contributed by atoms with Crippen LogP contribution >= 0.6 is 11.3 Å². The number of benzene rings is 1. The van der Waals surface area contributed by atoms with Gasteiger partial charge in [-0.3, -0.25) is 10.1 Å². The summed E-state index contributed by atoms with van der Waals surface area (Å²) < 4.78 is 4.57. The number of nitrogens with zero attached hydrogens (tertiary/aromatic N) is 2. The summed E-state index contributed by atoms with van der Waals surface area (Å²) in [6, 6.07) is 7.59. The maximum absolute atomic E-state index is 12.7. The van der Waals surface area contributed by atoms with E-state index in [1.165, 1.54) is 18.4 Å². The highest BCUT2D eigenvalue weighted by Gasteiger charge is 2.25. The van der Waals surface area contributed by atoms with E-state index in [1.807, 2.05) is 36.1 Å². The zero-order chi connectivity index (χ0) is 16.4. The number of rotatable bonds is 2. The van der Waals surface area contributed by atoms with E-state index in [9.17, 15) is 9.59 Å². The minimum atomic E-state index is -0.538. The molecule has 1 aliphatic heterocycles. The minimum Gasteiger partial charge on any atom is -0.453 e. The molecule has 1 aromatic heterocycles. The van der Waals surface area contributed by atoms with Crippen molar-refractivity contribution in [3.63, 3.8) is 0 Å². The molecule has 2 heterocycles. The van der Waals surface area contributed by atoms with E-state index in [4.69, 9.17) is 0 Å². The van der Waals surface area contributed by atoms with Crippen LogP contribution in [0.2, 0.25) is 0 Å². The summed E-state index contributed by atoms with van der Waals surface area (Å²) in [7, 11) is 1.31. The summed E-state index contributed by atoms with van der Waals surface area (Å²) in [5, 5.41) is 3.08. The van der Waals surface area contributed by atoms with Crippen LogP contribution in [0.5, 0.6) is 0 Å². The van der Waals surface area contributed by atoms with Gasteiger partial charge in [0.1, 0.15) is 0 Å². The van der Waals surface area contributed by atoms with Crippen molar-refractivity contribution in [1.29, 1.82) is 0 Å². The molecule has 2 aromatic rings. The van der Waals surface area contributed by atoms with Gasteiger partial charge in [-0.05, 0) is 18.6 Å². The second-order valence-corrected chi connectivity index (χ2v) is 6.38. The van der Waals surface area contributed by atoms with Gasteiger partial charge in [0.05, 0.1) is 19.3 Å². The van der Waals surface area contributed by atoms with Crippen molar-refractivity contribution in [2.75, 3.05) is 19.0 Å². The quantitative estimate of drug-likeness (QED) is 0.918. The lowest BCUT2D eigenvalue weighted by Crippen LogP contribution is -2.35. The zero-order valence-corrected chi connectivity index (χ0v) is 13.8. The van der Waals surface area contributed by atoms with Crippen molar-refractivity contribution in [2.45, 2.75) is 19.9 Å². The van der Waals surface area contributed by atoms with Gasteiger partial charge in [0.2, 0.25) is 0 Å². The number of carbonyl (C=O) groups is 2. The summed E-state index contributed by atoms with van der Waals surface area (Å²) in [5.74, 6) is 0.0321. The maximum atomic E-state index is 12.7. The van der Waals surface area contributed by atoms with Gasteiger partial charge in [0, 0.05) is 23.4 Å². The summed E-state index contributed by atoms with van der Waals surface area (Å²) in [6.45, 7) is 3.08. The largest absolute Gasteiger partial charge is 0.453 e. The van der Waals surface area contributed by atoms with E-state index >= 15 is 0 Å². The zero-order valence-electron chi connectivity index (χ0n) is 13.0. The first kappa shape index (κ1) is 15.5. The molecule has 3 rings (SSSR count). The first-order valence-electron chi connectivity index (χ1n) is 7.27. The van der Waals surface area contributed by atoms with Crippen molar-refractivity contribution in [2.24, 2.45) is 0 Å². The van der Waals surface area contributed by atoms with Crippen LogP contribution in [0.25, 0.3) is 0 Å². The number of aromatic nitrogens is 1. The highest BCUT2D eigenvalue weighted by molar-refractivity contribution is 7.15. The number of nitrogens with one attached hydrogen (secondary N) is 1. The predicted molar refractivity (Wildman–Crippen MR) is 87.8 cm³/mol. The average molecular weight is 331 g/mol. The summed E-state index contributed by atoms with van der Waals surface area (Å²) in [6.07, 6.45) is 0.149. The Kier molecular flexibility index (Phi) is 4.29. The lowest BCUT2D eigenvalue weighted by Gasteiger charge is -2.26. The van der Waals surface area contributed by atoms with Crippen molar-refractivity contribution in [3.05, 3.63) is 46.0 Å². The second-order valence-electron chi connectivity index (χ2n) is 5.30. The molecule has 0 fully saturated rings. The number of fused-ring (bicyclic) bond motifs is 1. The molecule has 7 heteroatoms. The summed E-state index contributed by atoms with van der Waals surface area (Å²) in [5.41, 5.74) is 2.64. The van der Waals surface area contributed by atoms with Gasteiger partial charge in [-0.1, -0.05) is 29.5 Å². The Labute approximate surface area is 138 Å². The molecular weight excluding hydrogens is 314 g/mol. The smallest absolute Gasteiger partial charge is 0.413 e. The number of aryl methyl sites for hydroxylation is 1. The molecule has 0 bridgehead atoms. The molecular formula is C16H17N3O3S. The van der Waals surface area contributed by atoms with Crippen molar-refractivity contribution in [1.82, 2.24) is 9.88 Å². The number of carbonyl (C=O) groups excluding carboxylic acids is 2. The Morgan fingerprint density at radius 2 is 2.13 bits per heavy atom. The maximum Gasteiger partial charge on any atom is 0.413 e. The molecule has 2 amide bonds. The summed E-state index contributed by atoms with van der Waals surface area (Å²) >= 11 is 1.38. The van der Waals surface area contributed by atoms with Crippen LogP contribution in [-0.4, -0.2) is 35.5 Å². The highest BCUT2D eigenvalue weighted by Crippen LogP contribution is 2.29. The van der Waals surface area contributed by atoms with Crippen LogP contribution in [0.4, 0.5) is 9.93 Å². The number of thiazole rings is 1. The topological polar surface area (TPSA) is 71.5 Å². The first-order valence-corrected chi connectivity index (χ1v) is 8.08. The number of ether oxygens (including phenoxy) is 1. The molecule has 1 aromatic carbocycles. The van der Waals surface area contributed by atoms with Crippen LogP contribution in [0.1, 0.15) is 26.5 Å². The summed E-state index contributed by atoms with van der Waals surface area (Å²) in [4.78, 5) is 31.2. The van der Waals surface area contributed by atoms with E-state index in [-0.39, 0.29) is 5.91 Å². The minimum absolute atomic E-state index is 0.0321. The third-order valence-electron chi connectivity index (χ3n) is 3.79. The number of anilines is 1. The highest BCUT2D eigenvalue weighted by atomic mass is 32.1. The molecule has 120 valence electrons. The fourth-order valence-corrected chi connectivity index (χ4v) is 3.55. The normalized spacial score (nSPS) is 13.4. The molecule has 0 saturated carbocycles. The van der Waals surface area contributed by atoms with Crippen molar-refractivity contribution in [3.8, 4) is 0 Å². The van der Waals surface area contributed by atoms with Gasteiger partial charge in [-0.15, -0.1) is 0 Å². The number of hydrogen-bond acceptors (Lipinski definition) is 5. The van der Waals surface area contributed by atoms with E-state index < -0.39 is 6.09 Å². The first-order chi connectivity index (χ1) is 11.1. The van der Waals surface area contributed by atoms with Gasteiger partial charge in [-0.25, -0.2) is 9.78 Å². The molecule has 23 heavy (non-hydrogen) atoms. The van der Waals surface area contributed by atoms with Crippen LogP contribution in [-0.2, 0) is 17.7 Å².